The fourth-order valence-corrected chi connectivity index (χ4v) is 4.89. The van der Waals surface area contributed by atoms with Crippen molar-refractivity contribution in [2.45, 2.75) is 42.9 Å². The largest absolute Gasteiger partial charge is 0.489 e. The highest BCUT2D eigenvalue weighted by Gasteiger charge is 2.36. The maximum atomic E-state index is 11.8. The number of sulfone groups is 1. The van der Waals surface area contributed by atoms with E-state index in [4.69, 9.17) is 9.47 Å². The molecule has 3 heterocycles. The second kappa shape index (κ2) is 9.03. The highest BCUT2D eigenvalue weighted by atomic mass is 32.2. The van der Waals surface area contributed by atoms with Crippen molar-refractivity contribution in [3.63, 3.8) is 0 Å². The molecule has 176 valence electrons. The highest BCUT2D eigenvalue weighted by Crippen LogP contribution is 2.27. The van der Waals surface area contributed by atoms with Crippen molar-refractivity contribution in [1.82, 2.24) is 14.5 Å². The predicted octanol–water partition coefficient (Wildman–Crippen LogP) is 3.35. The van der Waals surface area contributed by atoms with Gasteiger partial charge < -0.3 is 24.0 Å². The normalized spacial score (nSPS) is 20.0. The van der Waals surface area contributed by atoms with Crippen molar-refractivity contribution >= 4 is 26.8 Å². The van der Waals surface area contributed by atoms with Crippen LogP contribution in [0, 0.1) is 0 Å². The predicted molar refractivity (Wildman–Crippen MR) is 123 cm³/mol. The zero-order valence-electron chi connectivity index (χ0n) is 18.7. The number of fused-ring (bicyclic) bond motifs is 1. The molecular formula is C23H27N3O6S. The summed E-state index contributed by atoms with van der Waals surface area (Å²) in [5.74, 6) is 1.28. The quantitative estimate of drug-likeness (QED) is 0.584. The van der Waals surface area contributed by atoms with Crippen LogP contribution in [-0.4, -0.2) is 72.2 Å². The Morgan fingerprint density at radius 3 is 2.67 bits per heavy atom. The summed E-state index contributed by atoms with van der Waals surface area (Å²) >= 11 is 0. The smallest absolute Gasteiger partial charge is 0.407 e. The van der Waals surface area contributed by atoms with Gasteiger partial charge in [-0.3, -0.25) is 0 Å². The van der Waals surface area contributed by atoms with E-state index in [1.54, 1.807) is 31.5 Å². The van der Waals surface area contributed by atoms with E-state index in [2.05, 4.69) is 4.98 Å². The van der Waals surface area contributed by atoms with Gasteiger partial charge in [-0.1, -0.05) is 0 Å². The van der Waals surface area contributed by atoms with E-state index in [1.807, 2.05) is 35.9 Å². The molecule has 10 heteroatoms. The molecule has 3 atom stereocenters. The first kappa shape index (κ1) is 23.1. The minimum atomic E-state index is -3.27. The number of likely N-dealkylation sites (tertiary alicyclic amines) is 1. The van der Waals surface area contributed by atoms with Crippen LogP contribution in [0.25, 0.3) is 16.7 Å². The molecular weight excluding hydrogens is 446 g/mol. The number of carboxylic acid groups (broad SMARTS) is 1. The number of ether oxygens (including phenoxy) is 2. The molecule has 4 rings (SSSR count). The molecule has 0 bridgehead atoms. The van der Waals surface area contributed by atoms with E-state index in [-0.39, 0.29) is 23.1 Å². The highest BCUT2D eigenvalue weighted by molar-refractivity contribution is 7.90. The van der Waals surface area contributed by atoms with Gasteiger partial charge in [0.15, 0.2) is 9.84 Å². The number of pyridine rings is 1. The number of methoxy groups -OCH3 is 1. The van der Waals surface area contributed by atoms with Gasteiger partial charge in [0.1, 0.15) is 17.7 Å². The number of hydrogen-bond acceptors (Lipinski definition) is 6. The molecule has 0 saturated carbocycles. The Kier molecular flexibility index (Phi) is 6.31. The van der Waals surface area contributed by atoms with Crippen molar-refractivity contribution < 1.29 is 27.8 Å². The van der Waals surface area contributed by atoms with E-state index in [1.165, 1.54) is 11.2 Å². The van der Waals surface area contributed by atoms with Crippen LogP contribution in [0.15, 0.2) is 53.7 Å². The summed E-state index contributed by atoms with van der Waals surface area (Å²) in [5, 5.41) is 10.3. The summed E-state index contributed by atoms with van der Waals surface area (Å²) in [5.41, 5.74) is 0.848. The van der Waals surface area contributed by atoms with Crippen LogP contribution >= 0.6 is 0 Å². The Bertz CT molecular complexity index is 1250. The zero-order valence-corrected chi connectivity index (χ0v) is 19.5. The van der Waals surface area contributed by atoms with Crippen LogP contribution < -0.4 is 4.74 Å². The van der Waals surface area contributed by atoms with Gasteiger partial charge in [0.05, 0.1) is 28.8 Å². The lowest BCUT2D eigenvalue weighted by Crippen LogP contribution is -2.53. The molecule has 9 nitrogen and oxygen atoms in total. The fourth-order valence-electron chi connectivity index (χ4n) is 4.24. The molecule has 1 N–H and O–H groups in total. The van der Waals surface area contributed by atoms with Gasteiger partial charge in [-0.05, 0) is 43.3 Å². The molecule has 33 heavy (non-hydrogen) atoms. The number of aromatic nitrogens is 2. The van der Waals surface area contributed by atoms with E-state index in [9.17, 15) is 18.3 Å². The second-order valence-corrected chi connectivity index (χ2v) is 10.3. The van der Waals surface area contributed by atoms with Crippen molar-refractivity contribution in [3.8, 4) is 11.6 Å². The average Bonchev–Trinajstić information content (AvgIpc) is 3.21. The van der Waals surface area contributed by atoms with Gasteiger partial charge in [0, 0.05) is 44.3 Å². The van der Waals surface area contributed by atoms with Crippen LogP contribution in [0.2, 0.25) is 0 Å². The molecule has 1 saturated heterocycles. The number of carbonyl (C=O) groups is 1. The van der Waals surface area contributed by atoms with Gasteiger partial charge in [0.2, 0.25) is 0 Å². The third-order valence-corrected chi connectivity index (χ3v) is 7.23. The number of amides is 1. The molecule has 2 aromatic heterocycles. The summed E-state index contributed by atoms with van der Waals surface area (Å²) in [4.78, 5) is 17.8. The molecule has 1 aliphatic rings. The molecule has 3 aromatic rings. The first-order valence-corrected chi connectivity index (χ1v) is 12.5. The molecule has 3 unspecified atom stereocenters. The average molecular weight is 474 g/mol. The lowest BCUT2D eigenvalue weighted by atomic mass is 9.96. The first-order valence-electron chi connectivity index (χ1n) is 10.6. The number of hydrogen-bond donors (Lipinski definition) is 1. The summed E-state index contributed by atoms with van der Waals surface area (Å²) in [6, 6.07) is 10.3. The SMILES string of the molecule is COC(C)C1CC(Oc2ccc(-n3ccc4cc(S(C)(=O)=O)ccc43)nc2)CCN1C(=O)O. The molecule has 1 amide bonds. The summed E-state index contributed by atoms with van der Waals surface area (Å²) < 4.78 is 37.0. The third kappa shape index (κ3) is 4.81. The Morgan fingerprint density at radius 2 is 2.03 bits per heavy atom. The van der Waals surface area contributed by atoms with Crippen molar-refractivity contribution in [3.05, 3.63) is 48.8 Å². The Balaban J connectivity index is 1.49. The Hall–Kier alpha value is -3.11. The minimum absolute atomic E-state index is 0.141. The third-order valence-electron chi connectivity index (χ3n) is 6.12. The van der Waals surface area contributed by atoms with Gasteiger partial charge >= 0.3 is 6.09 Å². The number of nitrogens with zero attached hydrogens (tertiary/aromatic N) is 3. The summed E-state index contributed by atoms with van der Waals surface area (Å²) in [7, 11) is -1.70. The van der Waals surface area contributed by atoms with Gasteiger partial charge in [-0.15, -0.1) is 0 Å². The summed E-state index contributed by atoms with van der Waals surface area (Å²) in [6.45, 7) is 2.24. The van der Waals surface area contributed by atoms with E-state index in [0.717, 1.165) is 10.9 Å². The van der Waals surface area contributed by atoms with Crippen molar-refractivity contribution in [2.75, 3.05) is 19.9 Å². The standard InChI is InChI=1S/C23H27N3O6S/c1-15(31-2)21-13-17(9-11-26(21)23(27)28)32-18-4-7-22(24-14-18)25-10-8-16-12-19(33(3,29)30)5-6-20(16)25/h4-8,10,12,14-15,17,21H,9,11,13H2,1-3H3,(H,27,28). The number of benzene rings is 1. The molecule has 1 aromatic carbocycles. The first-order chi connectivity index (χ1) is 15.7. The van der Waals surface area contributed by atoms with E-state index >= 15 is 0 Å². The zero-order chi connectivity index (χ0) is 23.8. The molecule has 1 aliphatic heterocycles. The molecule has 1 fully saturated rings. The number of rotatable bonds is 6. The topological polar surface area (TPSA) is 111 Å². The van der Waals surface area contributed by atoms with Crippen LogP contribution in [0.5, 0.6) is 5.75 Å². The van der Waals surface area contributed by atoms with Gasteiger partial charge in [-0.25, -0.2) is 18.2 Å². The van der Waals surface area contributed by atoms with Crippen LogP contribution in [0.3, 0.4) is 0 Å². The van der Waals surface area contributed by atoms with Gasteiger partial charge in [-0.2, -0.15) is 0 Å². The molecule has 0 radical (unpaired) electrons. The van der Waals surface area contributed by atoms with Crippen LogP contribution in [-0.2, 0) is 14.6 Å². The molecule has 0 aliphatic carbocycles. The monoisotopic (exact) mass is 473 g/mol. The minimum Gasteiger partial charge on any atom is -0.489 e. The van der Waals surface area contributed by atoms with E-state index in [0.29, 0.717) is 31.0 Å². The van der Waals surface area contributed by atoms with Crippen LogP contribution in [0.4, 0.5) is 4.79 Å². The lowest BCUT2D eigenvalue weighted by molar-refractivity contribution is -0.0165. The Labute approximate surface area is 192 Å². The number of piperidine rings is 1. The van der Waals surface area contributed by atoms with E-state index < -0.39 is 15.9 Å². The maximum Gasteiger partial charge on any atom is 0.407 e. The van der Waals surface area contributed by atoms with Crippen molar-refractivity contribution in [1.29, 1.82) is 0 Å². The maximum absolute atomic E-state index is 11.8. The molecule has 0 spiro atoms. The van der Waals surface area contributed by atoms with Crippen molar-refractivity contribution in [2.24, 2.45) is 0 Å². The lowest BCUT2D eigenvalue weighted by Gasteiger charge is -2.40. The van der Waals surface area contributed by atoms with Gasteiger partial charge in [0.25, 0.3) is 0 Å². The Morgan fingerprint density at radius 1 is 1.24 bits per heavy atom. The fraction of sp³-hybridized carbons (Fsp3) is 0.391. The summed E-state index contributed by atoms with van der Waals surface area (Å²) in [6.07, 6.45) is 4.48. The second-order valence-electron chi connectivity index (χ2n) is 8.28. The van der Waals surface area contributed by atoms with Crippen LogP contribution in [0.1, 0.15) is 19.8 Å².